The van der Waals surface area contributed by atoms with E-state index in [1.807, 2.05) is 17.5 Å². The normalized spacial score (nSPS) is 11.9. The molecule has 0 bridgehead atoms. The average Bonchev–Trinajstić information content (AvgIpc) is 3.71. The second-order valence-electron chi connectivity index (χ2n) is 16.2. The Balaban J connectivity index is 0.782. The summed E-state index contributed by atoms with van der Waals surface area (Å²) in [5.74, 6) is 0. The third kappa shape index (κ3) is 5.63. The van der Waals surface area contributed by atoms with Gasteiger partial charge in [-0.05, 0) is 131 Å². The minimum atomic E-state index is 0.877. The Morgan fingerprint density at radius 2 is 0.656 bits per heavy atom. The van der Waals surface area contributed by atoms with Gasteiger partial charge in [0.2, 0.25) is 0 Å². The van der Waals surface area contributed by atoms with Crippen LogP contribution in [0.2, 0.25) is 0 Å². The van der Waals surface area contributed by atoms with Crippen LogP contribution >= 0.6 is 11.3 Å². The summed E-state index contributed by atoms with van der Waals surface area (Å²) in [7, 11) is 0. The van der Waals surface area contributed by atoms with E-state index in [1.165, 1.54) is 96.6 Å². The number of hydrogen-bond donors (Lipinski definition) is 0. The SMILES string of the molecule is c1ccc2c(c1)sc1ccc(-c3ccc4cc(-c5ccc6cc(-c7ccc8cc(-c9cnc%10c%11ccccc%11c%11ccccc%11c%10n9)ccc8c7)ccc6c5)ccc4c3)cc12. The van der Waals surface area contributed by atoms with Crippen LogP contribution < -0.4 is 0 Å². The van der Waals surface area contributed by atoms with Gasteiger partial charge in [0.05, 0.1) is 22.9 Å². The zero-order valence-corrected chi connectivity index (χ0v) is 33.7. The molecule has 61 heavy (non-hydrogen) atoms. The van der Waals surface area contributed by atoms with E-state index in [-0.39, 0.29) is 0 Å². The maximum Gasteiger partial charge on any atom is 0.0979 e. The van der Waals surface area contributed by atoms with Gasteiger partial charge >= 0.3 is 0 Å². The molecule has 11 aromatic carbocycles. The van der Waals surface area contributed by atoms with Crippen molar-refractivity contribution in [2.24, 2.45) is 0 Å². The number of thiophene rings is 1. The van der Waals surface area contributed by atoms with Crippen LogP contribution in [-0.2, 0) is 0 Å². The zero-order valence-electron chi connectivity index (χ0n) is 32.9. The topological polar surface area (TPSA) is 25.8 Å². The van der Waals surface area contributed by atoms with Gasteiger partial charge in [-0.25, -0.2) is 4.98 Å². The van der Waals surface area contributed by atoms with Crippen molar-refractivity contribution in [2.45, 2.75) is 0 Å². The molecule has 0 aliphatic rings. The maximum atomic E-state index is 5.23. The second kappa shape index (κ2) is 13.4. The summed E-state index contributed by atoms with van der Waals surface area (Å²) in [5, 5.41) is 14.7. The number of aromatic nitrogens is 2. The van der Waals surface area contributed by atoms with Gasteiger partial charge in [-0.15, -0.1) is 11.3 Å². The van der Waals surface area contributed by atoms with Gasteiger partial charge in [0.15, 0.2) is 0 Å². The quantitative estimate of drug-likeness (QED) is 0.166. The Morgan fingerprint density at radius 1 is 0.279 bits per heavy atom. The minimum Gasteiger partial charge on any atom is -0.252 e. The Labute approximate surface area is 355 Å². The van der Waals surface area contributed by atoms with E-state index in [9.17, 15) is 0 Å². The van der Waals surface area contributed by atoms with E-state index in [2.05, 4.69) is 200 Å². The van der Waals surface area contributed by atoms with Gasteiger partial charge < -0.3 is 0 Å². The van der Waals surface area contributed by atoms with E-state index in [1.54, 1.807) is 0 Å². The van der Waals surface area contributed by atoms with Crippen LogP contribution in [0.4, 0.5) is 0 Å². The fourth-order valence-corrected chi connectivity index (χ4v) is 10.5. The summed E-state index contributed by atoms with van der Waals surface area (Å²) in [6.45, 7) is 0. The summed E-state index contributed by atoms with van der Waals surface area (Å²) < 4.78 is 2.68. The van der Waals surface area contributed by atoms with Crippen LogP contribution in [0.5, 0.6) is 0 Å². The molecule has 0 radical (unpaired) electrons. The van der Waals surface area contributed by atoms with Gasteiger partial charge in [-0.2, -0.15) is 0 Å². The molecule has 0 aliphatic heterocycles. The van der Waals surface area contributed by atoms with Crippen molar-refractivity contribution < 1.29 is 0 Å². The lowest BCUT2D eigenvalue weighted by Gasteiger charge is -2.11. The van der Waals surface area contributed by atoms with Crippen molar-refractivity contribution in [3.05, 3.63) is 206 Å². The van der Waals surface area contributed by atoms with Crippen molar-refractivity contribution in [1.29, 1.82) is 0 Å². The molecule has 13 aromatic rings. The summed E-state index contributed by atoms with van der Waals surface area (Å²) in [6.07, 6.45) is 1.92. The Bertz CT molecular complexity index is 3920. The molecule has 282 valence electrons. The summed E-state index contributed by atoms with van der Waals surface area (Å²) in [6, 6.07) is 73.3. The third-order valence-corrected chi connectivity index (χ3v) is 13.8. The van der Waals surface area contributed by atoms with Crippen molar-refractivity contribution in [1.82, 2.24) is 9.97 Å². The Kier molecular flexibility index (Phi) is 7.51. The standard InChI is InChI=1S/C58H34N2S/c1-3-10-51-48(7-1)49-8-2-4-11-52(49)58-57(51)59-34-54(60-58)47-24-23-43-30-41(20-22-45(43)32-47)39-16-15-35-27-36(13-14-37(35)28-39)38-17-18-42-31-44(21-19-40(42)29-38)46-25-26-56-53(33-46)50-9-5-6-12-55(50)61-56/h1-34H. The molecule has 2 heterocycles. The van der Waals surface area contributed by atoms with Crippen LogP contribution in [-0.4, -0.2) is 9.97 Å². The van der Waals surface area contributed by atoms with E-state index in [4.69, 9.17) is 9.97 Å². The van der Waals surface area contributed by atoms with Gasteiger partial charge in [0, 0.05) is 36.5 Å². The highest BCUT2D eigenvalue weighted by atomic mass is 32.1. The number of nitrogens with zero attached hydrogens (tertiary/aromatic N) is 2. The molecule has 0 spiro atoms. The molecule has 0 aliphatic carbocycles. The molecule has 0 fully saturated rings. The van der Waals surface area contributed by atoms with E-state index in [0.29, 0.717) is 0 Å². The first kappa shape index (κ1) is 34.2. The predicted molar refractivity (Wildman–Crippen MR) is 262 cm³/mol. The monoisotopic (exact) mass is 790 g/mol. The number of hydrogen-bond acceptors (Lipinski definition) is 3. The van der Waals surface area contributed by atoms with Gasteiger partial charge in [-0.3, -0.25) is 4.98 Å². The first-order valence-electron chi connectivity index (χ1n) is 20.8. The average molecular weight is 791 g/mol. The molecule has 0 atom stereocenters. The highest BCUT2D eigenvalue weighted by Gasteiger charge is 2.14. The summed E-state index contributed by atoms with van der Waals surface area (Å²) in [4.78, 5) is 10.2. The smallest absolute Gasteiger partial charge is 0.0979 e. The highest BCUT2D eigenvalue weighted by Crippen LogP contribution is 2.39. The molecule has 2 nitrogen and oxygen atoms in total. The van der Waals surface area contributed by atoms with Crippen LogP contribution in [0, 0.1) is 0 Å². The third-order valence-electron chi connectivity index (χ3n) is 12.6. The number of fused-ring (bicyclic) bond motifs is 12. The molecule has 0 N–H and O–H groups in total. The second-order valence-corrected chi connectivity index (χ2v) is 17.3. The van der Waals surface area contributed by atoms with E-state index >= 15 is 0 Å². The van der Waals surface area contributed by atoms with Crippen LogP contribution in [0.1, 0.15) is 0 Å². The lowest BCUT2D eigenvalue weighted by molar-refractivity contribution is 1.31. The molecule has 0 amide bonds. The van der Waals surface area contributed by atoms with Crippen LogP contribution in [0.15, 0.2) is 206 Å². The lowest BCUT2D eigenvalue weighted by atomic mass is 9.94. The maximum absolute atomic E-state index is 5.23. The van der Waals surface area contributed by atoms with Gasteiger partial charge in [0.25, 0.3) is 0 Å². The van der Waals surface area contributed by atoms with Crippen molar-refractivity contribution in [2.75, 3.05) is 0 Å². The highest BCUT2D eigenvalue weighted by molar-refractivity contribution is 7.25. The number of benzene rings is 11. The summed E-state index contributed by atoms with van der Waals surface area (Å²) >= 11 is 1.86. The predicted octanol–water partition coefficient (Wildman–Crippen LogP) is 16.4. The van der Waals surface area contributed by atoms with Crippen molar-refractivity contribution in [3.63, 3.8) is 0 Å². The van der Waals surface area contributed by atoms with Gasteiger partial charge in [-0.1, -0.05) is 146 Å². The molecule has 13 rings (SSSR count). The van der Waals surface area contributed by atoms with Crippen molar-refractivity contribution >= 4 is 96.4 Å². The zero-order chi connectivity index (χ0) is 40.0. The molecule has 0 saturated heterocycles. The first-order chi connectivity index (χ1) is 30.2. The molecular formula is C58H34N2S. The largest absolute Gasteiger partial charge is 0.252 e. The first-order valence-corrected chi connectivity index (χ1v) is 21.6. The molecular weight excluding hydrogens is 757 g/mol. The van der Waals surface area contributed by atoms with Crippen LogP contribution in [0.3, 0.4) is 0 Å². The Morgan fingerprint density at radius 3 is 1.18 bits per heavy atom. The molecule has 3 heteroatoms. The fraction of sp³-hybridized carbons (Fsp3) is 0. The van der Waals surface area contributed by atoms with Crippen molar-refractivity contribution in [3.8, 4) is 44.6 Å². The minimum absolute atomic E-state index is 0.877. The lowest BCUT2D eigenvalue weighted by Crippen LogP contribution is -1.92. The van der Waals surface area contributed by atoms with E-state index in [0.717, 1.165) is 33.1 Å². The number of rotatable bonds is 4. The molecule has 0 saturated carbocycles. The van der Waals surface area contributed by atoms with E-state index < -0.39 is 0 Å². The van der Waals surface area contributed by atoms with Crippen LogP contribution in [0.25, 0.3) is 130 Å². The van der Waals surface area contributed by atoms with Gasteiger partial charge in [0.1, 0.15) is 0 Å². The Hall–Kier alpha value is -7.72. The molecule has 0 unspecified atom stereocenters. The summed E-state index contributed by atoms with van der Waals surface area (Å²) in [5.41, 5.74) is 11.2. The fourth-order valence-electron chi connectivity index (χ4n) is 9.46. The molecule has 2 aromatic heterocycles.